The molecule has 1 unspecified atom stereocenters. The van der Waals surface area contributed by atoms with Gasteiger partial charge in [-0.15, -0.1) is 0 Å². The van der Waals surface area contributed by atoms with Gasteiger partial charge in [0.2, 0.25) is 0 Å². The van der Waals surface area contributed by atoms with Crippen LogP contribution in [0, 0.1) is 12.7 Å². The van der Waals surface area contributed by atoms with E-state index >= 15 is 0 Å². The predicted octanol–water partition coefficient (Wildman–Crippen LogP) is 2.85. The molecule has 0 fully saturated rings. The number of rotatable bonds is 2. The minimum atomic E-state index is -0.334. The summed E-state index contributed by atoms with van der Waals surface area (Å²) < 4.78 is 13.5. The Hall–Kier alpha value is -0.600. The van der Waals surface area contributed by atoms with Crippen molar-refractivity contribution in [3.63, 3.8) is 0 Å². The monoisotopic (exact) mass is 201 g/mol. The molecule has 0 saturated heterocycles. The Morgan fingerprint density at radius 3 is 2.69 bits per heavy atom. The van der Waals surface area contributed by atoms with Gasteiger partial charge in [-0.1, -0.05) is 24.6 Å². The molecule has 2 N–H and O–H groups in total. The summed E-state index contributed by atoms with van der Waals surface area (Å²) in [5.74, 6) is -0.321. The maximum Gasteiger partial charge on any atom is 0.145 e. The van der Waals surface area contributed by atoms with Gasteiger partial charge in [0.15, 0.2) is 0 Å². The van der Waals surface area contributed by atoms with Gasteiger partial charge in [-0.05, 0) is 36.6 Å². The molecule has 0 aromatic heterocycles. The van der Waals surface area contributed by atoms with Crippen molar-refractivity contribution in [2.24, 2.45) is 5.73 Å². The summed E-state index contributed by atoms with van der Waals surface area (Å²) in [5.41, 5.74) is 7.02. The fraction of sp³-hybridized carbons (Fsp3) is 0.400. The second kappa shape index (κ2) is 4.07. The predicted molar refractivity (Wildman–Crippen MR) is 53.6 cm³/mol. The third kappa shape index (κ3) is 2.01. The van der Waals surface area contributed by atoms with E-state index in [1.165, 1.54) is 0 Å². The summed E-state index contributed by atoms with van der Waals surface area (Å²) in [7, 11) is 0. The van der Waals surface area contributed by atoms with Crippen molar-refractivity contribution < 1.29 is 4.39 Å². The van der Waals surface area contributed by atoms with Gasteiger partial charge in [0.25, 0.3) is 0 Å². The van der Waals surface area contributed by atoms with Crippen molar-refractivity contribution in [3.05, 3.63) is 34.1 Å². The molecule has 0 heterocycles. The van der Waals surface area contributed by atoms with Crippen LogP contribution in [0.25, 0.3) is 0 Å². The molecule has 1 rings (SSSR count). The first-order chi connectivity index (χ1) is 6.07. The molecule has 13 heavy (non-hydrogen) atoms. The number of aryl methyl sites for hydroxylation is 1. The van der Waals surface area contributed by atoms with Crippen LogP contribution < -0.4 is 5.73 Å². The second-order valence-corrected chi connectivity index (χ2v) is 3.64. The summed E-state index contributed by atoms with van der Waals surface area (Å²) in [6.07, 6.45) is 0. The lowest BCUT2D eigenvalue weighted by molar-refractivity contribution is 0.588. The number of nitrogens with two attached hydrogens (primary N) is 1. The zero-order chi connectivity index (χ0) is 10.0. The molecule has 0 saturated carbocycles. The zero-order valence-electron chi connectivity index (χ0n) is 7.77. The first-order valence-corrected chi connectivity index (χ1v) is 4.60. The maximum absolute atomic E-state index is 13.5. The van der Waals surface area contributed by atoms with E-state index in [-0.39, 0.29) is 16.8 Å². The van der Waals surface area contributed by atoms with Crippen LogP contribution in [0.15, 0.2) is 12.1 Å². The molecule has 1 atom stereocenters. The van der Waals surface area contributed by atoms with Crippen LogP contribution >= 0.6 is 11.6 Å². The Morgan fingerprint density at radius 1 is 1.54 bits per heavy atom. The minimum Gasteiger partial charge on any atom is -0.330 e. The van der Waals surface area contributed by atoms with Gasteiger partial charge in [0, 0.05) is 0 Å². The molecule has 0 aliphatic heterocycles. The largest absolute Gasteiger partial charge is 0.330 e. The molecule has 0 aliphatic rings. The summed E-state index contributed by atoms with van der Waals surface area (Å²) in [6.45, 7) is 4.18. The van der Waals surface area contributed by atoms with Crippen LogP contribution in [-0.4, -0.2) is 6.54 Å². The number of hydrogen-bond acceptors (Lipinski definition) is 1. The van der Waals surface area contributed by atoms with E-state index in [0.29, 0.717) is 12.1 Å². The van der Waals surface area contributed by atoms with E-state index in [1.54, 1.807) is 6.07 Å². The van der Waals surface area contributed by atoms with Crippen LogP contribution in [0.5, 0.6) is 0 Å². The van der Waals surface area contributed by atoms with E-state index in [2.05, 4.69) is 0 Å². The Bertz CT molecular complexity index is 312. The smallest absolute Gasteiger partial charge is 0.145 e. The minimum absolute atomic E-state index is 0.0127. The lowest BCUT2D eigenvalue weighted by atomic mass is 9.96. The van der Waals surface area contributed by atoms with Gasteiger partial charge in [-0.3, -0.25) is 0 Å². The molecular weight excluding hydrogens is 189 g/mol. The summed E-state index contributed by atoms with van der Waals surface area (Å²) in [5, 5.41) is 0.167. The molecule has 1 aromatic carbocycles. The average molecular weight is 202 g/mol. The van der Waals surface area contributed by atoms with Gasteiger partial charge >= 0.3 is 0 Å². The summed E-state index contributed by atoms with van der Waals surface area (Å²) in [4.78, 5) is 0. The average Bonchev–Trinajstić information content (AvgIpc) is 2.12. The number of hydrogen-bond donors (Lipinski definition) is 1. The van der Waals surface area contributed by atoms with Crippen LogP contribution in [0.2, 0.25) is 5.02 Å². The van der Waals surface area contributed by atoms with E-state index in [9.17, 15) is 4.39 Å². The third-order valence-electron chi connectivity index (χ3n) is 2.20. The molecule has 0 amide bonds. The fourth-order valence-electron chi connectivity index (χ4n) is 1.39. The van der Waals surface area contributed by atoms with Gasteiger partial charge in [0.05, 0.1) is 5.02 Å². The van der Waals surface area contributed by atoms with Crippen LogP contribution in [0.4, 0.5) is 4.39 Å². The SMILES string of the molecule is Cc1ccc(Cl)c(F)c1C(C)CN. The van der Waals surface area contributed by atoms with Crippen molar-refractivity contribution in [2.45, 2.75) is 19.8 Å². The van der Waals surface area contributed by atoms with Gasteiger partial charge in [-0.2, -0.15) is 0 Å². The van der Waals surface area contributed by atoms with E-state index < -0.39 is 0 Å². The van der Waals surface area contributed by atoms with Gasteiger partial charge < -0.3 is 5.73 Å². The maximum atomic E-state index is 13.5. The van der Waals surface area contributed by atoms with Crippen molar-refractivity contribution in [1.29, 1.82) is 0 Å². The van der Waals surface area contributed by atoms with Crippen molar-refractivity contribution in [2.75, 3.05) is 6.54 Å². The Kier molecular flexibility index (Phi) is 3.28. The van der Waals surface area contributed by atoms with Gasteiger partial charge in [0.1, 0.15) is 5.82 Å². The quantitative estimate of drug-likeness (QED) is 0.783. The topological polar surface area (TPSA) is 26.0 Å². The van der Waals surface area contributed by atoms with Crippen LogP contribution in [0.1, 0.15) is 24.0 Å². The number of benzene rings is 1. The highest BCUT2D eigenvalue weighted by atomic mass is 35.5. The highest BCUT2D eigenvalue weighted by Crippen LogP contribution is 2.27. The van der Waals surface area contributed by atoms with E-state index in [1.807, 2.05) is 19.9 Å². The summed E-state index contributed by atoms with van der Waals surface area (Å²) in [6, 6.07) is 3.38. The van der Waals surface area contributed by atoms with E-state index in [4.69, 9.17) is 17.3 Å². The molecule has 0 aliphatic carbocycles. The zero-order valence-corrected chi connectivity index (χ0v) is 8.53. The normalized spacial score (nSPS) is 13.0. The first kappa shape index (κ1) is 10.5. The molecular formula is C10H13ClFN. The molecule has 72 valence electrons. The molecule has 0 radical (unpaired) electrons. The molecule has 0 spiro atoms. The fourth-order valence-corrected chi connectivity index (χ4v) is 1.55. The van der Waals surface area contributed by atoms with Crippen LogP contribution in [-0.2, 0) is 0 Å². The molecule has 3 heteroatoms. The standard InChI is InChI=1S/C10H13ClFN/c1-6-3-4-8(11)10(12)9(6)7(2)5-13/h3-4,7H,5,13H2,1-2H3. The molecule has 1 aromatic rings. The van der Waals surface area contributed by atoms with Gasteiger partial charge in [-0.25, -0.2) is 4.39 Å². The Morgan fingerprint density at radius 2 is 2.15 bits per heavy atom. The molecule has 0 bridgehead atoms. The van der Waals surface area contributed by atoms with Crippen molar-refractivity contribution in [1.82, 2.24) is 0 Å². The highest BCUT2D eigenvalue weighted by molar-refractivity contribution is 6.30. The van der Waals surface area contributed by atoms with Crippen molar-refractivity contribution >= 4 is 11.6 Å². The molecule has 1 nitrogen and oxygen atoms in total. The number of halogens is 2. The third-order valence-corrected chi connectivity index (χ3v) is 2.49. The Labute approximate surface area is 82.7 Å². The van der Waals surface area contributed by atoms with Crippen LogP contribution in [0.3, 0.4) is 0 Å². The highest BCUT2D eigenvalue weighted by Gasteiger charge is 2.14. The lowest BCUT2D eigenvalue weighted by Crippen LogP contribution is -2.12. The first-order valence-electron chi connectivity index (χ1n) is 4.22. The lowest BCUT2D eigenvalue weighted by Gasteiger charge is -2.14. The van der Waals surface area contributed by atoms with Crippen molar-refractivity contribution in [3.8, 4) is 0 Å². The Balaban J connectivity index is 3.25. The van der Waals surface area contributed by atoms with E-state index in [0.717, 1.165) is 5.56 Å². The summed E-state index contributed by atoms with van der Waals surface area (Å²) >= 11 is 5.67. The second-order valence-electron chi connectivity index (χ2n) is 3.23.